The van der Waals surface area contributed by atoms with Crippen molar-refractivity contribution in [1.29, 1.82) is 0 Å². The van der Waals surface area contributed by atoms with E-state index in [4.69, 9.17) is 0 Å². The highest BCUT2D eigenvalue weighted by molar-refractivity contribution is 7.93. The number of benzene rings is 2. The van der Waals surface area contributed by atoms with Crippen LogP contribution in [0.25, 0.3) is 33.2 Å². The van der Waals surface area contributed by atoms with Gasteiger partial charge in [-0.2, -0.15) is 0 Å². The third-order valence-corrected chi connectivity index (χ3v) is 7.29. The van der Waals surface area contributed by atoms with Gasteiger partial charge in [0.15, 0.2) is 0 Å². The molecule has 32 heavy (non-hydrogen) atoms. The summed E-state index contributed by atoms with van der Waals surface area (Å²) in [5.74, 6) is 0.470. The number of anilines is 1. The van der Waals surface area contributed by atoms with E-state index < -0.39 is 15.3 Å². The second kappa shape index (κ2) is 8.79. The molecule has 0 fully saturated rings. The zero-order chi connectivity index (χ0) is 22.9. The van der Waals surface area contributed by atoms with E-state index in [2.05, 4.69) is 52.5 Å². The van der Waals surface area contributed by atoms with E-state index in [9.17, 15) is 8.42 Å². The van der Waals surface area contributed by atoms with Crippen LogP contribution in [0.2, 0.25) is 0 Å². The molecule has 0 atom stereocenters. The fraction of sp³-hybridized carbons (Fsp3) is 0.269. The Labute approximate surface area is 190 Å². The molecule has 4 aromatic rings. The molecule has 0 spiro atoms. The number of aromatic nitrogens is 2. The maximum Gasteiger partial charge on any atom is 0.235 e. The Kier molecular flexibility index (Phi) is 6.07. The smallest absolute Gasteiger partial charge is 0.235 e. The molecule has 6 heteroatoms. The van der Waals surface area contributed by atoms with Crippen molar-refractivity contribution < 1.29 is 8.42 Å². The predicted octanol–water partition coefficient (Wildman–Crippen LogP) is 6.18. The van der Waals surface area contributed by atoms with Gasteiger partial charge in [-0.1, -0.05) is 44.2 Å². The molecule has 0 aliphatic carbocycles. The minimum atomic E-state index is -3.45. The first kappa shape index (κ1) is 22.1. The SMILES string of the molecule is CC(C)Cn1cc(-c2ccccc2NS(=O)(=O)C(C)C)c2ccc(-c3ccncc3)cc21. The minimum Gasteiger partial charge on any atom is -0.347 e. The van der Waals surface area contributed by atoms with Crippen molar-refractivity contribution in [2.45, 2.75) is 39.5 Å². The van der Waals surface area contributed by atoms with Gasteiger partial charge in [0.1, 0.15) is 0 Å². The van der Waals surface area contributed by atoms with Crippen LogP contribution in [0.15, 0.2) is 73.2 Å². The summed E-state index contributed by atoms with van der Waals surface area (Å²) in [6.45, 7) is 8.63. The largest absolute Gasteiger partial charge is 0.347 e. The standard InChI is InChI=1S/C26H29N3O2S/c1-18(2)16-29-17-24(22-7-5-6-8-25(22)28-32(30,31)19(3)4)23-10-9-21(15-26(23)29)20-11-13-27-14-12-20/h5-15,17-19,28H,16H2,1-4H3. The van der Waals surface area contributed by atoms with Gasteiger partial charge in [-0.25, -0.2) is 8.42 Å². The van der Waals surface area contributed by atoms with Crippen molar-refractivity contribution in [2.24, 2.45) is 5.92 Å². The van der Waals surface area contributed by atoms with Gasteiger partial charge < -0.3 is 4.57 Å². The van der Waals surface area contributed by atoms with Crippen LogP contribution in [-0.4, -0.2) is 23.2 Å². The summed E-state index contributed by atoms with van der Waals surface area (Å²) in [7, 11) is -3.45. The number of hydrogen-bond acceptors (Lipinski definition) is 3. The van der Waals surface area contributed by atoms with Crippen molar-refractivity contribution in [3.8, 4) is 22.3 Å². The lowest BCUT2D eigenvalue weighted by Crippen LogP contribution is -2.22. The first-order valence-corrected chi connectivity index (χ1v) is 12.4. The molecule has 0 radical (unpaired) electrons. The predicted molar refractivity (Wildman–Crippen MR) is 133 cm³/mol. The fourth-order valence-electron chi connectivity index (χ4n) is 3.85. The third-order valence-electron chi connectivity index (χ3n) is 5.55. The van der Waals surface area contributed by atoms with Crippen LogP contribution in [0.3, 0.4) is 0 Å². The first-order chi connectivity index (χ1) is 15.3. The number of hydrogen-bond donors (Lipinski definition) is 1. The van der Waals surface area contributed by atoms with E-state index in [1.165, 1.54) is 0 Å². The molecule has 0 saturated carbocycles. The van der Waals surface area contributed by atoms with Gasteiger partial charge in [-0.05, 0) is 55.2 Å². The van der Waals surface area contributed by atoms with Gasteiger partial charge in [-0.3, -0.25) is 9.71 Å². The number of fused-ring (bicyclic) bond motifs is 1. The lowest BCUT2D eigenvalue weighted by molar-refractivity contribution is 0.535. The molecular formula is C26H29N3O2S. The Bertz CT molecular complexity index is 1340. The van der Waals surface area contributed by atoms with Gasteiger partial charge in [-0.15, -0.1) is 0 Å². The van der Waals surface area contributed by atoms with Crippen LogP contribution in [0.4, 0.5) is 5.69 Å². The molecule has 5 nitrogen and oxygen atoms in total. The summed E-state index contributed by atoms with van der Waals surface area (Å²) in [5, 5.41) is 0.584. The molecule has 0 unspecified atom stereocenters. The zero-order valence-electron chi connectivity index (χ0n) is 18.9. The fourth-order valence-corrected chi connectivity index (χ4v) is 4.57. The van der Waals surface area contributed by atoms with Crippen molar-refractivity contribution >= 4 is 26.6 Å². The Hall–Kier alpha value is -3.12. The minimum absolute atomic E-state index is 0.470. The molecule has 2 heterocycles. The van der Waals surface area contributed by atoms with Gasteiger partial charge in [0.2, 0.25) is 10.0 Å². The third kappa shape index (κ3) is 4.41. The molecule has 2 aromatic carbocycles. The van der Waals surface area contributed by atoms with Crippen molar-refractivity contribution in [3.63, 3.8) is 0 Å². The summed E-state index contributed by atoms with van der Waals surface area (Å²) in [6.07, 6.45) is 5.74. The number of pyridine rings is 1. The van der Waals surface area contributed by atoms with E-state index in [1.807, 2.05) is 36.4 Å². The van der Waals surface area contributed by atoms with Crippen LogP contribution in [0.1, 0.15) is 27.7 Å². The molecule has 0 saturated heterocycles. The Morgan fingerprint density at radius 1 is 0.906 bits per heavy atom. The number of rotatable bonds is 7. The Morgan fingerprint density at radius 3 is 2.31 bits per heavy atom. The molecule has 1 N–H and O–H groups in total. The Morgan fingerprint density at radius 2 is 1.62 bits per heavy atom. The van der Waals surface area contributed by atoms with Crippen molar-refractivity contribution in [2.75, 3.05) is 4.72 Å². The molecule has 0 aliphatic heterocycles. The molecule has 2 aromatic heterocycles. The number of para-hydroxylation sites is 1. The molecular weight excluding hydrogens is 418 g/mol. The van der Waals surface area contributed by atoms with E-state index in [0.717, 1.165) is 39.7 Å². The summed E-state index contributed by atoms with van der Waals surface area (Å²) in [6, 6.07) is 18.1. The molecule has 166 valence electrons. The molecule has 4 rings (SSSR count). The summed E-state index contributed by atoms with van der Waals surface area (Å²) in [4.78, 5) is 4.12. The summed E-state index contributed by atoms with van der Waals surface area (Å²) < 4.78 is 30.2. The first-order valence-electron chi connectivity index (χ1n) is 10.9. The van der Waals surface area contributed by atoms with Crippen LogP contribution in [-0.2, 0) is 16.6 Å². The lowest BCUT2D eigenvalue weighted by atomic mass is 10.0. The van der Waals surface area contributed by atoms with Gasteiger partial charge in [0.25, 0.3) is 0 Å². The van der Waals surface area contributed by atoms with Gasteiger partial charge in [0.05, 0.1) is 10.9 Å². The van der Waals surface area contributed by atoms with Crippen molar-refractivity contribution in [1.82, 2.24) is 9.55 Å². The molecule has 0 bridgehead atoms. The van der Waals surface area contributed by atoms with E-state index in [-0.39, 0.29) is 0 Å². The van der Waals surface area contributed by atoms with E-state index >= 15 is 0 Å². The van der Waals surface area contributed by atoms with Gasteiger partial charge >= 0.3 is 0 Å². The number of nitrogens with one attached hydrogen (secondary N) is 1. The monoisotopic (exact) mass is 447 g/mol. The average molecular weight is 448 g/mol. The van der Waals surface area contributed by atoms with Crippen LogP contribution >= 0.6 is 0 Å². The van der Waals surface area contributed by atoms with Crippen molar-refractivity contribution in [3.05, 3.63) is 73.2 Å². The summed E-state index contributed by atoms with van der Waals surface area (Å²) in [5.41, 5.74) is 5.87. The lowest BCUT2D eigenvalue weighted by Gasteiger charge is -2.14. The normalized spacial score (nSPS) is 12.1. The second-order valence-corrected chi connectivity index (χ2v) is 11.0. The van der Waals surface area contributed by atoms with Crippen LogP contribution in [0.5, 0.6) is 0 Å². The van der Waals surface area contributed by atoms with Gasteiger partial charge in [0, 0.05) is 47.2 Å². The van der Waals surface area contributed by atoms with E-state index in [1.54, 1.807) is 26.2 Å². The molecule has 0 aliphatic rings. The highest BCUT2D eigenvalue weighted by Crippen LogP contribution is 2.37. The van der Waals surface area contributed by atoms with Crippen LogP contribution in [0, 0.1) is 5.92 Å². The topological polar surface area (TPSA) is 64.0 Å². The maximum absolute atomic E-state index is 12.6. The highest BCUT2D eigenvalue weighted by Gasteiger charge is 2.20. The second-order valence-electron chi connectivity index (χ2n) is 8.80. The average Bonchev–Trinajstić information content (AvgIpc) is 3.11. The number of sulfonamides is 1. The number of nitrogens with zero attached hydrogens (tertiary/aromatic N) is 2. The maximum atomic E-state index is 12.6. The Balaban J connectivity index is 1.89. The summed E-state index contributed by atoms with van der Waals surface area (Å²) >= 11 is 0. The quantitative estimate of drug-likeness (QED) is 0.368. The van der Waals surface area contributed by atoms with Crippen LogP contribution < -0.4 is 4.72 Å². The molecule has 0 amide bonds. The zero-order valence-corrected chi connectivity index (χ0v) is 19.7. The van der Waals surface area contributed by atoms with E-state index in [0.29, 0.717) is 11.6 Å². The highest BCUT2D eigenvalue weighted by atomic mass is 32.2.